The predicted molar refractivity (Wildman–Crippen MR) is 116 cm³/mol. The van der Waals surface area contributed by atoms with Crippen molar-refractivity contribution in [3.05, 3.63) is 65.7 Å². The van der Waals surface area contributed by atoms with Crippen LogP contribution in [0.25, 0.3) is 0 Å². The molecule has 152 valence electrons. The van der Waals surface area contributed by atoms with Crippen LogP contribution < -0.4 is 5.32 Å². The van der Waals surface area contributed by atoms with E-state index in [1.54, 1.807) is 29.0 Å². The fourth-order valence-corrected chi connectivity index (χ4v) is 4.00. The Labute approximate surface area is 175 Å². The van der Waals surface area contributed by atoms with Crippen molar-refractivity contribution in [2.24, 2.45) is 0 Å². The smallest absolute Gasteiger partial charge is 0.281 e. The lowest BCUT2D eigenvalue weighted by Gasteiger charge is -2.26. The number of benzene rings is 2. The van der Waals surface area contributed by atoms with Gasteiger partial charge >= 0.3 is 0 Å². The summed E-state index contributed by atoms with van der Waals surface area (Å²) in [5, 5.41) is 2.95. The summed E-state index contributed by atoms with van der Waals surface area (Å²) in [6.07, 6.45) is 0.303. The van der Waals surface area contributed by atoms with E-state index in [0.29, 0.717) is 30.8 Å². The summed E-state index contributed by atoms with van der Waals surface area (Å²) in [5.74, 6) is 0.606. The molecule has 0 radical (unpaired) electrons. The van der Waals surface area contributed by atoms with Gasteiger partial charge in [0, 0.05) is 43.6 Å². The van der Waals surface area contributed by atoms with E-state index in [4.69, 9.17) is 0 Å². The minimum Gasteiger partial charge on any atom is -0.339 e. The van der Waals surface area contributed by atoms with Crippen molar-refractivity contribution in [1.82, 2.24) is 9.80 Å². The Bertz CT molecular complexity index is 888. The number of nitrogens with one attached hydrogen (secondary N) is 1. The zero-order valence-electron chi connectivity index (χ0n) is 16.6. The van der Waals surface area contributed by atoms with Gasteiger partial charge in [-0.25, -0.2) is 0 Å². The highest BCUT2D eigenvalue weighted by Crippen LogP contribution is 2.23. The molecule has 3 rings (SSSR count). The van der Waals surface area contributed by atoms with Gasteiger partial charge < -0.3 is 15.1 Å². The van der Waals surface area contributed by atoms with Crippen LogP contribution in [0.2, 0.25) is 0 Å². The second kappa shape index (κ2) is 9.60. The summed E-state index contributed by atoms with van der Waals surface area (Å²) in [4.78, 5) is 40.0. The van der Waals surface area contributed by atoms with Crippen molar-refractivity contribution in [3.63, 3.8) is 0 Å². The molecule has 1 saturated heterocycles. The Balaban J connectivity index is 1.60. The number of hydrogen-bond acceptors (Lipinski definition) is 4. The molecule has 0 aromatic heterocycles. The third-order valence-electron chi connectivity index (χ3n) is 5.08. The summed E-state index contributed by atoms with van der Waals surface area (Å²) >= 11 is 1.30. The molecular weight excluding hydrogens is 386 g/mol. The van der Waals surface area contributed by atoms with E-state index in [2.05, 4.69) is 5.32 Å². The Hall–Kier alpha value is -2.80. The molecule has 1 N–H and O–H groups in total. The molecule has 1 aliphatic rings. The molecule has 1 fully saturated rings. The molecular formula is C22H25N3O3S. The first-order valence-electron chi connectivity index (χ1n) is 9.59. The van der Waals surface area contributed by atoms with Gasteiger partial charge in [0.1, 0.15) is 0 Å². The summed E-state index contributed by atoms with van der Waals surface area (Å²) in [6, 6.07) is 16.4. The zero-order valence-corrected chi connectivity index (χ0v) is 17.4. The Morgan fingerprint density at radius 1 is 1.17 bits per heavy atom. The minimum absolute atomic E-state index is 0.0130. The molecule has 1 aliphatic heterocycles. The number of hydrogen-bond donors (Lipinski definition) is 1. The maximum Gasteiger partial charge on any atom is 0.281 e. The number of rotatable bonds is 7. The van der Waals surface area contributed by atoms with Crippen molar-refractivity contribution in [1.29, 1.82) is 0 Å². The molecule has 0 saturated carbocycles. The van der Waals surface area contributed by atoms with E-state index < -0.39 is 0 Å². The maximum atomic E-state index is 12.6. The SMILES string of the molecule is CC(c1cccc(NC(=O)c2ccccc2)c1)N(C)C(=O)CCN1CCSC1=O. The largest absolute Gasteiger partial charge is 0.339 e. The van der Waals surface area contributed by atoms with Gasteiger partial charge in [0.25, 0.3) is 11.1 Å². The lowest BCUT2D eigenvalue weighted by atomic mass is 10.1. The number of anilines is 1. The standard InChI is InChI=1S/C22H25N3O3S/c1-16(24(2)20(26)11-12-25-13-14-29-22(25)28)18-9-6-10-19(15-18)23-21(27)17-7-4-3-5-8-17/h3-10,15-16H,11-14H2,1-2H3,(H,23,27). The first kappa shape index (κ1) is 20.9. The quantitative estimate of drug-likeness (QED) is 0.747. The fraction of sp³-hybridized carbons (Fsp3) is 0.318. The second-order valence-electron chi connectivity index (χ2n) is 6.98. The van der Waals surface area contributed by atoms with Crippen molar-refractivity contribution in [2.45, 2.75) is 19.4 Å². The summed E-state index contributed by atoms with van der Waals surface area (Å²) in [6.45, 7) is 3.11. The van der Waals surface area contributed by atoms with E-state index in [1.165, 1.54) is 11.8 Å². The van der Waals surface area contributed by atoms with Crippen LogP contribution >= 0.6 is 11.8 Å². The molecule has 29 heavy (non-hydrogen) atoms. The molecule has 2 aromatic rings. The Morgan fingerprint density at radius 2 is 1.93 bits per heavy atom. The number of nitrogens with zero attached hydrogens (tertiary/aromatic N) is 2. The number of carbonyl (C=O) groups is 3. The van der Waals surface area contributed by atoms with Gasteiger partial charge in [0.05, 0.1) is 6.04 Å². The molecule has 6 nitrogen and oxygen atoms in total. The van der Waals surface area contributed by atoms with Gasteiger partial charge in [-0.1, -0.05) is 42.1 Å². The normalized spacial score (nSPS) is 14.6. The Morgan fingerprint density at radius 3 is 2.62 bits per heavy atom. The van der Waals surface area contributed by atoms with Crippen molar-refractivity contribution < 1.29 is 14.4 Å². The van der Waals surface area contributed by atoms with Crippen LogP contribution in [0.15, 0.2) is 54.6 Å². The monoisotopic (exact) mass is 411 g/mol. The fourth-order valence-electron chi connectivity index (χ4n) is 3.14. The lowest BCUT2D eigenvalue weighted by Crippen LogP contribution is -2.33. The van der Waals surface area contributed by atoms with Crippen LogP contribution in [0, 0.1) is 0 Å². The summed E-state index contributed by atoms with van der Waals surface area (Å²) in [5.41, 5.74) is 2.20. The average Bonchev–Trinajstić information content (AvgIpc) is 3.16. The molecule has 1 atom stereocenters. The van der Waals surface area contributed by atoms with Crippen LogP contribution in [-0.2, 0) is 4.79 Å². The van der Waals surface area contributed by atoms with E-state index in [0.717, 1.165) is 11.3 Å². The number of thioether (sulfide) groups is 1. The first-order valence-corrected chi connectivity index (χ1v) is 10.6. The third kappa shape index (κ3) is 5.38. The highest BCUT2D eigenvalue weighted by Gasteiger charge is 2.23. The van der Waals surface area contributed by atoms with E-state index in [1.807, 2.05) is 49.4 Å². The summed E-state index contributed by atoms with van der Waals surface area (Å²) < 4.78 is 0. The van der Waals surface area contributed by atoms with Crippen molar-refractivity contribution >= 4 is 34.5 Å². The van der Waals surface area contributed by atoms with Gasteiger partial charge in [-0.15, -0.1) is 0 Å². The third-order valence-corrected chi connectivity index (χ3v) is 5.97. The van der Waals surface area contributed by atoms with Crippen molar-refractivity contribution in [3.8, 4) is 0 Å². The van der Waals surface area contributed by atoms with Crippen LogP contribution in [0.5, 0.6) is 0 Å². The van der Waals surface area contributed by atoms with Gasteiger partial charge in [-0.3, -0.25) is 14.4 Å². The highest BCUT2D eigenvalue weighted by molar-refractivity contribution is 8.13. The van der Waals surface area contributed by atoms with Crippen LogP contribution in [-0.4, -0.2) is 52.7 Å². The van der Waals surface area contributed by atoms with Gasteiger partial charge in [0.15, 0.2) is 0 Å². The molecule has 7 heteroatoms. The predicted octanol–water partition coefficient (Wildman–Crippen LogP) is 4.02. The first-order chi connectivity index (χ1) is 14.0. The topological polar surface area (TPSA) is 69.7 Å². The highest BCUT2D eigenvalue weighted by atomic mass is 32.2. The van der Waals surface area contributed by atoms with E-state index in [9.17, 15) is 14.4 Å². The summed E-state index contributed by atoms with van der Waals surface area (Å²) in [7, 11) is 1.77. The molecule has 2 aromatic carbocycles. The zero-order chi connectivity index (χ0) is 20.8. The van der Waals surface area contributed by atoms with Crippen LogP contribution in [0.4, 0.5) is 10.5 Å². The average molecular weight is 412 g/mol. The molecule has 0 spiro atoms. The molecule has 0 aliphatic carbocycles. The molecule has 3 amide bonds. The van der Waals surface area contributed by atoms with Crippen molar-refractivity contribution in [2.75, 3.05) is 31.2 Å². The molecule has 0 bridgehead atoms. The second-order valence-corrected chi connectivity index (χ2v) is 8.02. The number of amides is 3. The van der Waals surface area contributed by atoms with Crippen LogP contribution in [0.1, 0.15) is 35.3 Å². The van der Waals surface area contributed by atoms with E-state index in [-0.39, 0.29) is 23.1 Å². The van der Waals surface area contributed by atoms with Crippen LogP contribution in [0.3, 0.4) is 0 Å². The molecule has 1 heterocycles. The van der Waals surface area contributed by atoms with Gasteiger partial charge in [-0.2, -0.15) is 0 Å². The lowest BCUT2D eigenvalue weighted by molar-refractivity contribution is -0.132. The maximum absolute atomic E-state index is 12.6. The van der Waals surface area contributed by atoms with E-state index >= 15 is 0 Å². The minimum atomic E-state index is -0.173. The van der Waals surface area contributed by atoms with Gasteiger partial charge in [0.2, 0.25) is 5.91 Å². The van der Waals surface area contributed by atoms with Gasteiger partial charge in [-0.05, 0) is 36.8 Å². The molecule has 1 unspecified atom stereocenters. The Kier molecular flexibility index (Phi) is 6.93. The number of carbonyl (C=O) groups excluding carboxylic acids is 3.